The number of anilines is 1. The highest BCUT2D eigenvalue weighted by atomic mass is 79.9. The van der Waals surface area contributed by atoms with Gasteiger partial charge in [-0.2, -0.15) is 0 Å². The number of halogens is 1. The summed E-state index contributed by atoms with van der Waals surface area (Å²) in [7, 11) is 0. The molecule has 1 heterocycles. The van der Waals surface area contributed by atoms with Crippen molar-refractivity contribution in [3.8, 4) is 5.75 Å². The molecule has 1 saturated heterocycles. The Balaban J connectivity index is 1.46. The van der Waals surface area contributed by atoms with Crippen LogP contribution < -0.4 is 15.4 Å². The van der Waals surface area contributed by atoms with Gasteiger partial charge < -0.3 is 15.4 Å². The summed E-state index contributed by atoms with van der Waals surface area (Å²) in [6.07, 6.45) is 1.70. The molecular formula is C22H15BrN2O3S2. The normalized spacial score (nSPS) is 14.8. The minimum absolute atomic E-state index is 0.164. The number of hydrogen-bond acceptors (Lipinski definition) is 5. The van der Waals surface area contributed by atoms with Gasteiger partial charge in [0, 0.05) is 15.7 Å². The number of carbonyl (C=O) groups excluding carboxylic acids is 2. The quantitative estimate of drug-likeness (QED) is 0.378. The number of thiocarbonyl (C=S) groups is 1. The maximum Gasteiger partial charge on any atom is 0.263 e. The second-order valence-corrected chi connectivity index (χ2v) is 9.07. The van der Waals surface area contributed by atoms with E-state index in [-0.39, 0.29) is 18.4 Å². The van der Waals surface area contributed by atoms with E-state index in [1.165, 1.54) is 11.8 Å². The van der Waals surface area contributed by atoms with Crippen molar-refractivity contribution < 1.29 is 14.3 Å². The molecule has 0 unspecified atom stereocenters. The van der Waals surface area contributed by atoms with Gasteiger partial charge in [0.1, 0.15) is 10.1 Å². The molecule has 2 N–H and O–H groups in total. The number of amides is 2. The molecule has 30 heavy (non-hydrogen) atoms. The Morgan fingerprint density at radius 3 is 2.70 bits per heavy atom. The van der Waals surface area contributed by atoms with Crippen LogP contribution in [0.4, 0.5) is 5.69 Å². The first kappa shape index (κ1) is 20.6. The van der Waals surface area contributed by atoms with E-state index in [1.807, 2.05) is 54.6 Å². The predicted molar refractivity (Wildman–Crippen MR) is 129 cm³/mol. The van der Waals surface area contributed by atoms with Gasteiger partial charge in [-0.25, -0.2) is 0 Å². The summed E-state index contributed by atoms with van der Waals surface area (Å²) in [5, 5.41) is 7.58. The van der Waals surface area contributed by atoms with Crippen molar-refractivity contribution in [1.82, 2.24) is 5.32 Å². The van der Waals surface area contributed by atoms with Crippen LogP contribution in [0.2, 0.25) is 0 Å². The number of thioether (sulfide) groups is 1. The van der Waals surface area contributed by atoms with Crippen molar-refractivity contribution in [3.05, 3.63) is 75.6 Å². The maximum absolute atomic E-state index is 12.4. The third kappa shape index (κ3) is 4.89. The van der Waals surface area contributed by atoms with Gasteiger partial charge >= 0.3 is 0 Å². The zero-order valence-corrected chi connectivity index (χ0v) is 18.7. The smallest absolute Gasteiger partial charge is 0.263 e. The number of carbonyl (C=O) groups is 2. The van der Waals surface area contributed by atoms with E-state index in [0.717, 1.165) is 15.2 Å². The van der Waals surface area contributed by atoms with Crippen molar-refractivity contribution in [3.63, 3.8) is 0 Å². The number of hydrogen-bond donors (Lipinski definition) is 2. The summed E-state index contributed by atoms with van der Waals surface area (Å²) >= 11 is 9.63. The van der Waals surface area contributed by atoms with Crippen LogP contribution in [0.3, 0.4) is 0 Å². The van der Waals surface area contributed by atoms with Gasteiger partial charge in [0.2, 0.25) is 0 Å². The van der Waals surface area contributed by atoms with Gasteiger partial charge in [-0.1, -0.05) is 70.2 Å². The molecule has 1 aliphatic heterocycles. The van der Waals surface area contributed by atoms with Gasteiger partial charge in [-0.15, -0.1) is 0 Å². The summed E-state index contributed by atoms with van der Waals surface area (Å²) in [6.45, 7) is -0.164. The fourth-order valence-electron chi connectivity index (χ4n) is 2.93. The first-order valence-corrected chi connectivity index (χ1v) is 11.0. The lowest BCUT2D eigenvalue weighted by atomic mass is 10.1. The molecule has 3 aromatic carbocycles. The molecule has 0 saturated carbocycles. The first-order valence-electron chi connectivity index (χ1n) is 8.94. The first-order chi connectivity index (χ1) is 14.5. The lowest BCUT2D eigenvalue weighted by Crippen LogP contribution is -2.20. The second-order valence-electron chi connectivity index (χ2n) is 6.43. The van der Waals surface area contributed by atoms with E-state index >= 15 is 0 Å². The molecule has 0 spiro atoms. The Morgan fingerprint density at radius 2 is 1.93 bits per heavy atom. The van der Waals surface area contributed by atoms with Crippen molar-refractivity contribution in [2.24, 2.45) is 0 Å². The third-order valence-corrected chi connectivity index (χ3v) is 5.95. The number of benzene rings is 3. The van der Waals surface area contributed by atoms with Crippen LogP contribution in [0.15, 0.2) is 70.0 Å². The highest BCUT2D eigenvalue weighted by Gasteiger charge is 2.22. The van der Waals surface area contributed by atoms with E-state index in [1.54, 1.807) is 12.1 Å². The number of rotatable bonds is 5. The lowest BCUT2D eigenvalue weighted by molar-refractivity contribution is -0.118. The van der Waals surface area contributed by atoms with Crippen LogP contribution >= 0.6 is 39.9 Å². The molecule has 5 nitrogen and oxygen atoms in total. The molecule has 4 rings (SSSR count). The molecule has 0 aliphatic carbocycles. The SMILES string of the molecule is O=C(COc1ccc(Br)cc1/C=C1\SC(=S)NC1=O)Nc1ccc2ccccc2c1. The Morgan fingerprint density at radius 1 is 1.13 bits per heavy atom. The van der Waals surface area contributed by atoms with E-state index in [9.17, 15) is 9.59 Å². The zero-order chi connectivity index (χ0) is 21.1. The Hall–Kier alpha value is -2.68. The summed E-state index contributed by atoms with van der Waals surface area (Å²) < 4.78 is 6.98. The van der Waals surface area contributed by atoms with Crippen LogP contribution in [0.5, 0.6) is 5.75 Å². The summed E-state index contributed by atoms with van der Waals surface area (Å²) in [5.74, 6) is -0.0310. The Labute approximate surface area is 191 Å². The van der Waals surface area contributed by atoms with Gasteiger partial charge in [-0.3, -0.25) is 9.59 Å². The molecule has 1 aliphatic rings. The molecule has 3 aromatic rings. The Bertz CT molecular complexity index is 1210. The average molecular weight is 499 g/mol. The largest absolute Gasteiger partial charge is 0.483 e. The molecule has 0 radical (unpaired) electrons. The Kier molecular flexibility index (Phi) is 6.17. The van der Waals surface area contributed by atoms with Crippen LogP contribution in [0.25, 0.3) is 16.8 Å². The van der Waals surface area contributed by atoms with E-state index in [2.05, 4.69) is 26.6 Å². The lowest BCUT2D eigenvalue weighted by Gasteiger charge is -2.11. The van der Waals surface area contributed by atoms with Crippen molar-refractivity contribution in [2.45, 2.75) is 0 Å². The van der Waals surface area contributed by atoms with Crippen LogP contribution in [0, 0.1) is 0 Å². The molecule has 0 atom stereocenters. The molecule has 150 valence electrons. The zero-order valence-electron chi connectivity index (χ0n) is 15.5. The van der Waals surface area contributed by atoms with Gasteiger partial charge in [0.15, 0.2) is 6.61 Å². The highest BCUT2D eigenvalue weighted by Crippen LogP contribution is 2.31. The average Bonchev–Trinajstić information content (AvgIpc) is 3.04. The molecule has 0 aromatic heterocycles. The van der Waals surface area contributed by atoms with E-state index in [0.29, 0.717) is 26.2 Å². The summed E-state index contributed by atoms with van der Waals surface area (Å²) in [4.78, 5) is 24.8. The third-order valence-electron chi connectivity index (χ3n) is 4.29. The maximum atomic E-state index is 12.4. The molecule has 1 fully saturated rings. The summed E-state index contributed by atoms with van der Waals surface area (Å²) in [5.41, 5.74) is 1.37. The topological polar surface area (TPSA) is 67.4 Å². The standard InChI is InChI=1S/C22H15BrN2O3S2/c23-16-6-8-18(15(9-16)11-19-21(27)25-22(29)30-19)28-12-20(26)24-17-7-5-13-3-1-2-4-14(13)10-17/h1-11H,12H2,(H,24,26)(H,25,27,29)/b19-11-. The minimum atomic E-state index is -0.277. The van der Waals surface area contributed by atoms with Crippen LogP contribution in [-0.2, 0) is 9.59 Å². The minimum Gasteiger partial charge on any atom is -0.483 e. The monoisotopic (exact) mass is 498 g/mol. The van der Waals surface area contributed by atoms with Crippen molar-refractivity contribution in [2.75, 3.05) is 11.9 Å². The highest BCUT2D eigenvalue weighted by molar-refractivity contribution is 9.10. The van der Waals surface area contributed by atoms with Crippen molar-refractivity contribution >= 4 is 78.6 Å². The molecule has 0 bridgehead atoms. The molecular weight excluding hydrogens is 484 g/mol. The predicted octanol–water partition coefficient (Wildman–Crippen LogP) is 5.11. The van der Waals surface area contributed by atoms with E-state index < -0.39 is 0 Å². The van der Waals surface area contributed by atoms with Crippen molar-refractivity contribution in [1.29, 1.82) is 0 Å². The number of nitrogens with one attached hydrogen (secondary N) is 2. The van der Waals surface area contributed by atoms with Crippen LogP contribution in [-0.4, -0.2) is 22.7 Å². The van der Waals surface area contributed by atoms with Gasteiger partial charge in [-0.05, 0) is 47.2 Å². The van der Waals surface area contributed by atoms with E-state index in [4.69, 9.17) is 17.0 Å². The van der Waals surface area contributed by atoms with Crippen LogP contribution in [0.1, 0.15) is 5.56 Å². The summed E-state index contributed by atoms with van der Waals surface area (Å²) in [6, 6.07) is 19.0. The number of ether oxygens (including phenoxy) is 1. The molecule has 8 heteroatoms. The molecule has 2 amide bonds. The fourth-order valence-corrected chi connectivity index (χ4v) is 4.35. The van der Waals surface area contributed by atoms with Gasteiger partial charge in [0.05, 0.1) is 4.91 Å². The number of fused-ring (bicyclic) bond motifs is 1. The second kappa shape index (κ2) is 8.99. The van der Waals surface area contributed by atoms with Gasteiger partial charge in [0.25, 0.3) is 11.8 Å². The fraction of sp³-hybridized carbons (Fsp3) is 0.0455.